The Bertz CT molecular complexity index is 1050. The highest BCUT2D eigenvalue weighted by Crippen LogP contribution is 2.21. The number of amides is 2. The number of carbonyl (C=O) groups excluding carboxylic acids is 2. The Morgan fingerprint density at radius 2 is 1.79 bits per heavy atom. The average Bonchev–Trinajstić information content (AvgIpc) is 2.89. The summed E-state index contributed by atoms with van der Waals surface area (Å²) in [5, 5.41) is 15.4. The molecule has 212 valence electrons. The summed E-state index contributed by atoms with van der Waals surface area (Å²) in [4.78, 5) is 29.1. The molecule has 0 spiro atoms. The first-order valence-electron chi connectivity index (χ1n) is 13.4. The number of halogens is 2. The number of aliphatic hydroxyl groups excluding tert-OH is 1. The highest BCUT2D eigenvalue weighted by atomic mass is 79.9. The van der Waals surface area contributed by atoms with E-state index < -0.39 is 25.0 Å². The van der Waals surface area contributed by atoms with Crippen molar-refractivity contribution in [2.24, 2.45) is 5.92 Å². The second-order valence-electron chi connectivity index (χ2n) is 10.1. The summed E-state index contributed by atoms with van der Waals surface area (Å²) in [6.07, 6.45) is 1.66. The van der Waals surface area contributed by atoms with Crippen molar-refractivity contribution in [1.82, 2.24) is 15.5 Å². The van der Waals surface area contributed by atoms with Crippen LogP contribution in [-0.2, 0) is 20.5 Å². The number of hydrogen-bond acceptors (Lipinski definition) is 6. The number of carbonyl (C=O) groups is 2. The summed E-state index contributed by atoms with van der Waals surface area (Å²) in [6, 6.07) is 13.7. The van der Waals surface area contributed by atoms with Crippen molar-refractivity contribution in [3.05, 3.63) is 69.2 Å². The average molecular weight is 623 g/mol. The van der Waals surface area contributed by atoms with Crippen molar-refractivity contribution in [1.29, 1.82) is 0 Å². The molecule has 1 aliphatic heterocycles. The van der Waals surface area contributed by atoms with Crippen molar-refractivity contribution < 1.29 is 24.0 Å². The molecule has 0 aliphatic carbocycles. The van der Waals surface area contributed by atoms with E-state index in [1.54, 1.807) is 18.2 Å². The normalized spacial score (nSPS) is 16.3. The van der Waals surface area contributed by atoms with E-state index in [9.17, 15) is 9.59 Å². The molecule has 1 saturated heterocycles. The van der Waals surface area contributed by atoms with Crippen LogP contribution in [0.25, 0.3) is 0 Å². The number of aliphatic hydroxyl groups is 1. The van der Waals surface area contributed by atoms with Crippen molar-refractivity contribution in [3.8, 4) is 0 Å². The minimum absolute atomic E-state index is 0.151. The molecule has 39 heavy (non-hydrogen) atoms. The second-order valence-corrected chi connectivity index (χ2v) is 11.4. The smallest absolute Gasteiger partial charge is 0.408 e. The zero-order chi connectivity index (χ0) is 28.2. The maximum Gasteiger partial charge on any atom is 0.480 e. The van der Waals surface area contributed by atoms with Crippen molar-refractivity contribution in [3.63, 3.8) is 0 Å². The fourth-order valence-corrected chi connectivity index (χ4v) is 5.07. The number of rotatable bonds is 12. The van der Waals surface area contributed by atoms with Crippen LogP contribution in [-0.4, -0.2) is 80.4 Å². The van der Waals surface area contributed by atoms with Gasteiger partial charge in [-0.2, -0.15) is 0 Å². The second kappa shape index (κ2) is 16.4. The minimum Gasteiger partial charge on any atom is -0.408 e. The number of nitrogens with zero attached hydrogens (tertiary/aromatic N) is 1. The van der Waals surface area contributed by atoms with Crippen LogP contribution in [0.3, 0.4) is 0 Å². The van der Waals surface area contributed by atoms with Crippen molar-refractivity contribution in [2.75, 3.05) is 39.5 Å². The molecule has 11 heteroatoms. The largest absolute Gasteiger partial charge is 0.480 e. The third-order valence-electron chi connectivity index (χ3n) is 6.47. The van der Waals surface area contributed by atoms with Gasteiger partial charge in [0.2, 0.25) is 5.91 Å². The quantitative estimate of drug-likeness (QED) is 0.312. The van der Waals surface area contributed by atoms with E-state index in [0.717, 1.165) is 25.2 Å². The van der Waals surface area contributed by atoms with Crippen LogP contribution in [0.2, 0.25) is 5.02 Å². The van der Waals surface area contributed by atoms with E-state index in [-0.39, 0.29) is 24.0 Å². The predicted molar refractivity (Wildman–Crippen MR) is 158 cm³/mol. The standard InChI is InChI=1S/C28H38BBrClN3O5/c1-20(2)17-26(29-38-15-12-34(11-6-14-35)13-16-39-29)33-28(37)25(18-21-7-4-3-5-8-21)32-27(36)23-19-22(30)9-10-24(23)31/h3-5,7-10,19-20,25-26,35H,6,11-18H2,1-2H3,(H,32,36)(H,33,37)/t25-,26-/m0/s1. The first-order valence-corrected chi connectivity index (χ1v) is 14.6. The molecule has 2 aromatic carbocycles. The van der Waals surface area contributed by atoms with E-state index in [1.807, 2.05) is 30.3 Å². The predicted octanol–water partition coefficient (Wildman–Crippen LogP) is 3.73. The zero-order valence-corrected chi connectivity index (χ0v) is 24.9. The van der Waals surface area contributed by atoms with Crippen LogP contribution in [0, 0.1) is 5.92 Å². The fraction of sp³-hybridized carbons (Fsp3) is 0.500. The van der Waals surface area contributed by atoms with Gasteiger partial charge in [-0.05, 0) is 42.5 Å². The molecule has 3 N–H and O–H groups in total. The van der Waals surface area contributed by atoms with Crippen LogP contribution in [0.1, 0.15) is 42.6 Å². The molecule has 1 aliphatic rings. The fourth-order valence-electron chi connectivity index (χ4n) is 4.50. The summed E-state index contributed by atoms with van der Waals surface area (Å²) in [5.41, 5.74) is 1.20. The van der Waals surface area contributed by atoms with Gasteiger partial charge in [0.25, 0.3) is 5.91 Å². The van der Waals surface area contributed by atoms with Gasteiger partial charge in [-0.3, -0.25) is 14.5 Å². The van der Waals surface area contributed by atoms with Crippen LogP contribution in [0.4, 0.5) is 0 Å². The molecular weight excluding hydrogens is 584 g/mol. The van der Waals surface area contributed by atoms with Crippen LogP contribution >= 0.6 is 27.5 Å². The lowest BCUT2D eigenvalue weighted by Gasteiger charge is -2.32. The lowest BCUT2D eigenvalue weighted by atomic mass is 9.73. The Balaban J connectivity index is 1.75. The Morgan fingerprint density at radius 1 is 1.10 bits per heavy atom. The highest BCUT2D eigenvalue weighted by molar-refractivity contribution is 9.10. The molecule has 0 bridgehead atoms. The van der Waals surface area contributed by atoms with Crippen molar-refractivity contribution >= 4 is 46.5 Å². The number of benzene rings is 2. The van der Waals surface area contributed by atoms with Gasteiger partial charge in [-0.25, -0.2) is 0 Å². The first-order chi connectivity index (χ1) is 18.8. The molecule has 2 atom stereocenters. The van der Waals surface area contributed by atoms with Gasteiger partial charge < -0.3 is 25.0 Å². The summed E-state index contributed by atoms with van der Waals surface area (Å²) in [5.74, 6) is -0.871. The van der Waals surface area contributed by atoms with Gasteiger partial charge >= 0.3 is 7.12 Å². The Labute approximate surface area is 245 Å². The third kappa shape index (κ3) is 10.5. The SMILES string of the molecule is CC(C)C[C@H](NC(=O)[C@H](Cc1ccccc1)NC(=O)c1cc(Br)ccc1Cl)B1OCCN(CCCO)CCO1. The number of nitrogens with one attached hydrogen (secondary N) is 2. The molecule has 2 aromatic rings. The van der Waals surface area contributed by atoms with Gasteiger partial charge in [0.15, 0.2) is 0 Å². The molecule has 0 saturated carbocycles. The molecule has 1 fully saturated rings. The maximum atomic E-state index is 13.7. The van der Waals surface area contributed by atoms with Crippen molar-refractivity contribution in [2.45, 2.75) is 45.1 Å². The van der Waals surface area contributed by atoms with Gasteiger partial charge in [-0.1, -0.05) is 71.7 Å². The van der Waals surface area contributed by atoms with Crippen LogP contribution in [0.15, 0.2) is 53.0 Å². The summed E-state index contributed by atoms with van der Waals surface area (Å²) in [7, 11) is -0.607. The summed E-state index contributed by atoms with van der Waals surface area (Å²) in [6.45, 7) is 7.44. The molecule has 0 unspecified atom stereocenters. The topological polar surface area (TPSA) is 100 Å². The third-order valence-corrected chi connectivity index (χ3v) is 7.29. The lowest BCUT2D eigenvalue weighted by molar-refractivity contribution is -0.123. The van der Waals surface area contributed by atoms with E-state index in [0.29, 0.717) is 42.0 Å². The molecule has 0 radical (unpaired) electrons. The molecule has 8 nitrogen and oxygen atoms in total. The van der Waals surface area contributed by atoms with E-state index in [4.69, 9.17) is 26.0 Å². The number of hydrogen-bond donors (Lipinski definition) is 3. The highest BCUT2D eigenvalue weighted by Gasteiger charge is 2.35. The van der Waals surface area contributed by atoms with E-state index in [1.165, 1.54) is 0 Å². The van der Waals surface area contributed by atoms with E-state index in [2.05, 4.69) is 45.3 Å². The van der Waals surface area contributed by atoms with Gasteiger partial charge in [0.05, 0.1) is 16.5 Å². The van der Waals surface area contributed by atoms with Gasteiger partial charge in [0, 0.05) is 50.3 Å². The zero-order valence-electron chi connectivity index (χ0n) is 22.6. The molecule has 3 rings (SSSR count). The minimum atomic E-state index is -0.841. The summed E-state index contributed by atoms with van der Waals surface area (Å²) >= 11 is 9.67. The molecule has 2 amide bonds. The van der Waals surface area contributed by atoms with E-state index >= 15 is 0 Å². The molecule has 0 aromatic heterocycles. The van der Waals surface area contributed by atoms with Crippen LogP contribution < -0.4 is 10.6 Å². The van der Waals surface area contributed by atoms with Crippen LogP contribution in [0.5, 0.6) is 0 Å². The monoisotopic (exact) mass is 621 g/mol. The Kier molecular flexibility index (Phi) is 13.2. The molecule has 1 heterocycles. The van der Waals surface area contributed by atoms with Gasteiger partial charge in [0.1, 0.15) is 6.04 Å². The molecular formula is C28H38BBrClN3O5. The first kappa shape index (κ1) is 31.6. The van der Waals surface area contributed by atoms with Gasteiger partial charge in [-0.15, -0.1) is 0 Å². The maximum absolute atomic E-state index is 13.7. The Hall–Kier alpha value is -1.95. The lowest BCUT2D eigenvalue weighted by Crippen LogP contribution is -2.57. The summed E-state index contributed by atoms with van der Waals surface area (Å²) < 4.78 is 12.9. The Morgan fingerprint density at radius 3 is 2.44 bits per heavy atom.